The summed E-state index contributed by atoms with van der Waals surface area (Å²) in [6.45, 7) is 17.2. The Bertz CT molecular complexity index is 694. The number of carbonyl (C=O) groups excluding carboxylic acids is 1. The predicted octanol–water partition coefficient (Wildman–Crippen LogP) is 2.31. The van der Waals surface area contributed by atoms with E-state index in [1.54, 1.807) is 6.92 Å². The van der Waals surface area contributed by atoms with E-state index in [9.17, 15) is 4.79 Å². The van der Waals surface area contributed by atoms with Crippen molar-refractivity contribution in [1.82, 2.24) is 9.80 Å². The van der Waals surface area contributed by atoms with Crippen LogP contribution in [0.2, 0.25) is 0 Å². The van der Waals surface area contributed by atoms with Gasteiger partial charge in [-0.15, -0.1) is 0 Å². The first-order valence-electron chi connectivity index (χ1n) is 10.6. The summed E-state index contributed by atoms with van der Waals surface area (Å²) in [6.07, 6.45) is 0. The molecule has 2 saturated heterocycles. The summed E-state index contributed by atoms with van der Waals surface area (Å²) in [5.74, 6) is 0.995. The number of benzene rings is 1. The Balaban J connectivity index is 1.51. The fourth-order valence-electron chi connectivity index (χ4n) is 4.02. The van der Waals surface area contributed by atoms with Crippen molar-refractivity contribution in [3.8, 4) is 5.75 Å². The number of amides is 1. The van der Waals surface area contributed by atoms with Crippen molar-refractivity contribution in [2.45, 2.75) is 71.8 Å². The average Bonchev–Trinajstić information content (AvgIpc) is 2.85. The van der Waals surface area contributed by atoms with Crippen LogP contribution in [0.25, 0.3) is 0 Å². The zero-order valence-electron chi connectivity index (χ0n) is 18.9. The summed E-state index contributed by atoms with van der Waals surface area (Å²) in [6, 6.07) is 8.62. The van der Waals surface area contributed by atoms with Gasteiger partial charge in [0.15, 0.2) is 0 Å². The van der Waals surface area contributed by atoms with Gasteiger partial charge >= 0.3 is 7.12 Å². The molecule has 2 atom stereocenters. The van der Waals surface area contributed by atoms with E-state index in [4.69, 9.17) is 14.0 Å². The number of ether oxygens (including phenoxy) is 1. The van der Waals surface area contributed by atoms with Gasteiger partial charge in [-0.3, -0.25) is 9.69 Å². The topological polar surface area (TPSA) is 51.2 Å². The van der Waals surface area contributed by atoms with Crippen molar-refractivity contribution >= 4 is 18.5 Å². The molecule has 29 heavy (non-hydrogen) atoms. The van der Waals surface area contributed by atoms with E-state index in [1.165, 1.54) is 0 Å². The van der Waals surface area contributed by atoms with Crippen LogP contribution in [0.1, 0.15) is 48.5 Å². The second-order valence-corrected chi connectivity index (χ2v) is 9.37. The fourth-order valence-corrected chi connectivity index (χ4v) is 4.02. The molecule has 160 valence electrons. The minimum absolute atomic E-state index is 0.154. The minimum atomic E-state index is -0.353. The molecule has 6 nitrogen and oxygen atoms in total. The molecule has 0 radical (unpaired) electrons. The Kier molecular flexibility index (Phi) is 6.32. The lowest BCUT2D eigenvalue weighted by atomic mass is 9.79. The van der Waals surface area contributed by atoms with Crippen LogP contribution < -0.4 is 10.2 Å². The Morgan fingerprint density at radius 2 is 1.59 bits per heavy atom. The van der Waals surface area contributed by atoms with Crippen molar-refractivity contribution in [2.24, 2.45) is 0 Å². The SMILES string of the molecule is CC(=O)N1CC(C)N(CCOc2ccc(B3OC(C)(C)C(C)(C)O3)cc2)C(C)C1. The second kappa shape index (κ2) is 8.28. The average molecular weight is 402 g/mol. The third-order valence-electron chi connectivity index (χ3n) is 6.57. The summed E-state index contributed by atoms with van der Waals surface area (Å²) in [7, 11) is -0.353. The third kappa shape index (κ3) is 4.78. The van der Waals surface area contributed by atoms with Crippen molar-refractivity contribution in [2.75, 3.05) is 26.2 Å². The van der Waals surface area contributed by atoms with Crippen molar-refractivity contribution in [3.63, 3.8) is 0 Å². The van der Waals surface area contributed by atoms with Crippen molar-refractivity contribution in [1.29, 1.82) is 0 Å². The molecule has 2 heterocycles. The van der Waals surface area contributed by atoms with Crippen molar-refractivity contribution < 1.29 is 18.8 Å². The number of nitrogens with zero attached hydrogens (tertiary/aromatic N) is 2. The Hall–Kier alpha value is -1.57. The standard InChI is InChI=1S/C22H35BN2O4/c1-16-14-24(18(3)26)15-17(2)25(16)12-13-27-20-10-8-19(9-11-20)23-28-21(4,5)22(6,7)29-23/h8-11,16-17H,12-15H2,1-7H3. The van der Waals surface area contributed by atoms with Crippen LogP contribution >= 0.6 is 0 Å². The van der Waals surface area contributed by atoms with Crippen LogP contribution in [0, 0.1) is 0 Å². The molecule has 3 rings (SSSR count). The van der Waals surface area contributed by atoms with Gasteiger partial charge in [-0.1, -0.05) is 12.1 Å². The van der Waals surface area contributed by atoms with Gasteiger partial charge in [0.2, 0.25) is 5.91 Å². The lowest BCUT2D eigenvalue weighted by Crippen LogP contribution is -2.58. The lowest BCUT2D eigenvalue weighted by Gasteiger charge is -2.44. The lowest BCUT2D eigenvalue weighted by molar-refractivity contribution is -0.133. The molecule has 2 unspecified atom stereocenters. The predicted molar refractivity (Wildman–Crippen MR) is 116 cm³/mol. The van der Waals surface area contributed by atoms with Crippen LogP contribution in [0.4, 0.5) is 0 Å². The molecule has 2 aliphatic heterocycles. The smallest absolute Gasteiger partial charge is 0.492 e. The Morgan fingerprint density at radius 1 is 1.07 bits per heavy atom. The molecule has 0 N–H and O–H groups in total. The van der Waals surface area contributed by atoms with E-state index in [-0.39, 0.29) is 24.2 Å². The first-order valence-corrected chi connectivity index (χ1v) is 10.6. The molecule has 0 aliphatic carbocycles. The first-order chi connectivity index (χ1) is 13.5. The molecule has 2 aliphatic rings. The van der Waals surface area contributed by atoms with E-state index >= 15 is 0 Å². The molecule has 0 spiro atoms. The van der Waals surface area contributed by atoms with Gasteiger partial charge in [0.1, 0.15) is 12.4 Å². The Labute approximate surface area is 175 Å². The Morgan fingerprint density at radius 3 is 2.07 bits per heavy atom. The van der Waals surface area contributed by atoms with Gasteiger partial charge in [-0.2, -0.15) is 0 Å². The summed E-state index contributed by atoms with van der Waals surface area (Å²) >= 11 is 0. The maximum atomic E-state index is 11.7. The summed E-state index contributed by atoms with van der Waals surface area (Å²) < 4.78 is 18.2. The van der Waals surface area contributed by atoms with Gasteiger partial charge in [0, 0.05) is 38.6 Å². The van der Waals surface area contributed by atoms with Gasteiger partial charge in [-0.25, -0.2) is 0 Å². The summed E-state index contributed by atoms with van der Waals surface area (Å²) in [4.78, 5) is 16.0. The van der Waals surface area contributed by atoms with Gasteiger partial charge in [0.05, 0.1) is 11.2 Å². The number of hydrogen-bond donors (Lipinski definition) is 0. The number of carbonyl (C=O) groups is 1. The van der Waals surface area contributed by atoms with Crippen molar-refractivity contribution in [3.05, 3.63) is 24.3 Å². The zero-order chi connectivity index (χ0) is 21.4. The molecular formula is C22H35BN2O4. The van der Waals surface area contributed by atoms with E-state index in [0.29, 0.717) is 18.7 Å². The van der Waals surface area contributed by atoms with Crippen LogP contribution in [0.5, 0.6) is 5.75 Å². The molecule has 0 bridgehead atoms. The minimum Gasteiger partial charge on any atom is -0.492 e. The molecule has 0 saturated carbocycles. The molecule has 1 amide bonds. The first kappa shape index (κ1) is 22.1. The highest BCUT2D eigenvalue weighted by Gasteiger charge is 2.51. The van der Waals surface area contributed by atoms with Gasteiger partial charge < -0.3 is 18.9 Å². The van der Waals surface area contributed by atoms with Gasteiger partial charge in [-0.05, 0) is 59.1 Å². The van der Waals surface area contributed by atoms with E-state index in [1.807, 2.05) is 29.2 Å². The quantitative estimate of drug-likeness (QED) is 0.708. The monoisotopic (exact) mass is 402 g/mol. The molecular weight excluding hydrogens is 367 g/mol. The number of piperazine rings is 1. The molecule has 2 fully saturated rings. The molecule has 1 aromatic carbocycles. The van der Waals surface area contributed by atoms with E-state index in [0.717, 1.165) is 30.8 Å². The molecule has 7 heteroatoms. The fraction of sp³-hybridized carbons (Fsp3) is 0.682. The van der Waals surface area contributed by atoms with Crippen LogP contribution in [0.15, 0.2) is 24.3 Å². The summed E-state index contributed by atoms with van der Waals surface area (Å²) in [5.41, 5.74) is 0.317. The third-order valence-corrected chi connectivity index (χ3v) is 6.57. The van der Waals surface area contributed by atoms with Crippen LogP contribution in [-0.4, -0.2) is 72.4 Å². The van der Waals surface area contributed by atoms with E-state index < -0.39 is 0 Å². The van der Waals surface area contributed by atoms with E-state index in [2.05, 4.69) is 46.4 Å². The highest BCUT2D eigenvalue weighted by atomic mass is 16.7. The molecule has 1 aromatic rings. The molecule has 0 aromatic heterocycles. The zero-order valence-corrected chi connectivity index (χ0v) is 18.9. The highest BCUT2D eigenvalue weighted by molar-refractivity contribution is 6.62. The second-order valence-electron chi connectivity index (χ2n) is 9.37. The van der Waals surface area contributed by atoms with Crippen LogP contribution in [0.3, 0.4) is 0 Å². The number of rotatable bonds is 5. The number of hydrogen-bond acceptors (Lipinski definition) is 5. The largest absolute Gasteiger partial charge is 0.494 e. The van der Waals surface area contributed by atoms with Crippen LogP contribution in [-0.2, 0) is 14.1 Å². The normalized spacial score (nSPS) is 26.6. The maximum absolute atomic E-state index is 11.7. The van der Waals surface area contributed by atoms with Gasteiger partial charge in [0.25, 0.3) is 0 Å². The summed E-state index contributed by atoms with van der Waals surface area (Å²) in [5, 5.41) is 0. The highest BCUT2D eigenvalue weighted by Crippen LogP contribution is 2.36. The maximum Gasteiger partial charge on any atom is 0.494 e.